The Bertz CT molecular complexity index is 71.3. The zero-order valence-corrected chi connectivity index (χ0v) is 8.32. The fourth-order valence-electron chi connectivity index (χ4n) is 0.979. The van der Waals surface area contributed by atoms with Crippen LogP contribution in [0.3, 0.4) is 0 Å². The number of hydrogen-bond donors (Lipinski definition) is 1. The fraction of sp³-hybridized carbons (Fsp3) is 1.00. The summed E-state index contributed by atoms with van der Waals surface area (Å²) in [6.07, 6.45) is 5.27. The van der Waals surface area contributed by atoms with E-state index in [0.29, 0.717) is 0 Å². The van der Waals surface area contributed by atoms with Gasteiger partial charge in [-0.2, -0.15) is 0 Å². The summed E-state index contributed by atoms with van der Waals surface area (Å²) in [6.45, 7) is 9.22. The van der Waals surface area contributed by atoms with Crippen LogP contribution in [0.15, 0.2) is 0 Å². The number of nitrogens with one attached hydrogen (secondary N) is 1. The summed E-state index contributed by atoms with van der Waals surface area (Å²) in [5, 5.41) is 3.45. The molecule has 1 nitrogen and oxygen atoms in total. The van der Waals surface area contributed by atoms with Crippen LogP contribution in [-0.4, -0.2) is 13.1 Å². The molecule has 0 heterocycles. The predicted molar refractivity (Wildman–Crippen MR) is 51.8 cm³/mol. The number of hydrogen-bond acceptors (Lipinski definition) is 1. The van der Waals surface area contributed by atoms with Crippen molar-refractivity contribution in [2.45, 2.75) is 46.5 Å². The van der Waals surface area contributed by atoms with Crippen LogP contribution in [0.1, 0.15) is 46.5 Å². The average Bonchev–Trinajstić information content (AvgIpc) is 2.04. The summed E-state index contributed by atoms with van der Waals surface area (Å²) in [5.41, 5.74) is 0. The van der Waals surface area contributed by atoms with Crippen LogP contribution in [-0.2, 0) is 0 Å². The standard InChI is InChI=1S/C10H23N/c1-4-6-8-11-9-7-10(3)5-2/h10-11H,4-9H2,1-3H3/t10-/m1/s1. The number of unbranched alkanes of at least 4 members (excludes halogenated alkanes) is 1. The van der Waals surface area contributed by atoms with E-state index >= 15 is 0 Å². The van der Waals surface area contributed by atoms with E-state index in [2.05, 4.69) is 26.1 Å². The van der Waals surface area contributed by atoms with Crippen LogP contribution in [0.4, 0.5) is 0 Å². The second-order valence-electron chi connectivity index (χ2n) is 3.41. The van der Waals surface area contributed by atoms with Gasteiger partial charge in [0.1, 0.15) is 0 Å². The van der Waals surface area contributed by atoms with Gasteiger partial charge in [0, 0.05) is 0 Å². The van der Waals surface area contributed by atoms with Gasteiger partial charge in [0.25, 0.3) is 0 Å². The lowest BCUT2D eigenvalue weighted by atomic mass is 10.1. The molecule has 0 fully saturated rings. The van der Waals surface area contributed by atoms with Crippen molar-refractivity contribution in [2.24, 2.45) is 5.92 Å². The van der Waals surface area contributed by atoms with E-state index in [9.17, 15) is 0 Å². The molecule has 68 valence electrons. The van der Waals surface area contributed by atoms with E-state index in [0.717, 1.165) is 5.92 Å². The third-order valence-corrected chi connectivity index (χ3v) is 2.22. The molecule has 0 aromatic rings. The van der Waals surface area contributed by atoms with Crippen LogP contribution >= 0.6 is 0 Å². The highest BCUT2D eigenvalue weighted by Crippen LogP contribution is 2.03. The zero-order chi connectivity index (χ0) is 8.53. The zero-order valence-electron chi connectivity index (χ0n) is 8.32. The van der Waals surface area contributed by atoms with Gasteiger partial charge in [0.15, 0.2) is 0 Å². The van der Waals surface area contributed by atoms with Crippen molar-refractivity contribution in [3.05, 3.63) is 0 Å². The second kappa shape index (κ2) is 8.06. The molecule has 11 heavy (non-hydrogen) atoms. The predicted octanol–water partition coefficient (Wildman–Crippen LogP) is 2.81. The van der Waals surface area contributed by atoms with E-state index in [-0.39, 0.29) is 0 Å². The van der Waals surface area contributed by atoms with Gasteiger partial charge >= 0.3 is 0 Å². The molecule has 0 saturated heterocycles. The van der Waals surface area contributed by atoms with E-state index in [1.54, 1.807) is 0 Å². The summed E-state index contributed by atoms with van der Waals surface area (Å²) in [7, 11) is 0. The third-order valence-electron chi connectivity index (χ3n) is 2.22. The Morgan fingerprint density at radius 3 is 2.45 bits per heavy atom. The smallest absolute Gasteiger partial charge is 0.00464 e. The molecular formula is C10H23N. The lowest BCUT2D eigenvalue weighted by Crippen LogP contribution is -2.18. The minimum atomic E-state index is 0.893. The molecule has 0 aromatic carbocycles. The largest absolute Gasteiger partial charge is 0.317 e. The minimum absolute atomic E-state index is 0.893. The molecule has 0 saturated carbocycles. The van der Waals surface area contributed by atoms with Crippen molar-refractivity contribution >= 4 is 0 Å². The first-order chi connectivity index (χ1) is 5.31. The van der Waals surface area contributed by atoms with Crippen LogP contribution in [0.5, 0.6) is 0 Å². The van der Waals surface area contributed by atoms with Crippen molar-refractivity contribution in [3.63, 3.8) is 0 Å². The van der Waals surface area contributed by atoms with E-state index in [1.165, 1.54) is 38.8 Å². The molecule has 0 aliphatic heterocycles. The molecule has 0 aliphatic carbocycles. The van der Waals surface area contributed by atoms with Crippen molar-refractivity contribution < 1.29 is 0 Å². The topological polar surface area (TPSA) is 12.0 Å². The average molecular weight is 157 g/mol. The Hall–Kier alpha value is -0.0400. The Labute approximate surface area is 71.6 Å². The quantitative estimate of drug-likeness (QED) is 0.560. The SMILES string of the molecule is CCCCNCC[C@H](C)CC. The van der Waals surface area contributed by atoms with Crippen LogP contribution in [0.2, 0.25) is 0 Å². The van der Waals surface area contributed by atoms with Crippen LogP contribution in [0, 0.1) is 5.92 Å². The molecule has 0 spiro atoms. The van der Waals surface area contributed by atoms with Gasteiger partial charge in [-0.15, -0.1) is 0 Å². The van der Waals surface area contributed by atoms with Crippen molar-refractivity contribution in [1.29, 1.82) is 0 Å². The van der Waals surface area contributed by atoms with E-state index in [1.807, 2.05) is 0 Å². The normalized spacial score (nSPS) is 13.4. The molecular weight excluding hydrogens is 134 g/mol. The van der Waals surface area contributed by atoms with Gasteiger partial charge in [-0.3, -0.25) is 0 Å². The lowest BCUT2D eigenvalue weighted by molar-refractivity contribution is 0.485. The van der Waals surface area contributed by atoms with E-state index in [4.69, 9.17) is 0 Å². The summed E-state index contributed by atoms with van der Waals surface area (Å²) in [5.74, 6) is 0.893. The minimum Gasteiger partial charge on any atom is -0.317 e. The first kappa shape index (κ1) is 11.0. The maximum Gasteiger partial charge on any atom is -0.00464 e. The van der Waals surface area contributed by atoms with Gasteiger partial charge in [0.05, 0.1) is 0 Å². The highest BCUT2D eigenvalue weighted by molar-refractivity contribution is 4.53. The van der Waals surface area contributed by atoms with Crippen molar-refractivity contribution in [1.82, 2.24) is 5.32 Å². The molecule has 0 aromatic heterocycles. The summed E-state index contributed by atoms with van der Waals surface area (Å²) >= 11 is 0. The highest BCUT2D eigenvalue weighted by atomic mass is 14.8. The van der Waals surface area contributed by atoms with Gasteiger partial charge in [-0.1, -0.05) is 33.6 Å². The molecule has 0 rings (SSSR count). The monoisotopic (exact) mass is 157 g/mol. The first-order valence-electron chi connectivity index (χ1n) is 5.02. The Balaban J connectivity index is 2.89. The first-order valence-corrected chi connectivity index (χ1v) is 5.02. The third kappa shape index (κ3) is 7.86. The van der Waals surface area contributed by atoms with Crippen molar-refractivity contribution in [2.75, 3.05) is 13.1 Å². The maximum atomic E-state index is 3.45. The highest BCUT2D eigenvalue weighted by Gasteiger charge is 1.96. The van der Waals surface area contributed by atoms with Gasteiger partial charge in [0.2, 0.25) is 0 Å². The Morgan fingerprint density at radius 1 is 1.18 bits per heavy atom. The Morgan fingerprint density at radius 2 is 1.91 bits per heavy atom. The van der Waals surface area contributed by atoms with E-state index < -0.39 is 0 Å². The summed E-state index contributed by atoms with van der Waals surface area (Å²) < 4.78 is 0. The molecule has 0 unspecified atom stereocenters. The van der Waals surface area contributed by atoms with Gasteiger partial charge in [-0.25, -0.2) is 0 Å². The van der Waals surface area contributed by atoms with Crippen LogP contribution < -0.4 is 5.32 Å². The Kier molecular flexibility index (Phi) is 8.03. The number of rotatable bonds is 7. The molecule has 1 N–H and O–H groups in total. The molecule has 0 radical (unpaired) electrons. The lowest BCUT2D eigenvalue weighted by Gasteiger charge is -2.08. The summed E-state index contributed by atoms with van der Waals surface area (Å²) in [4.78, 5) is 0. The molecule has 0 amide bonds. The van der Waals surface area contributed by atoms with Gasteiger partial charge in [-0.05, 0) is 31.8 Å². The molecule has 0 aliphatic rings. The molecule has 1 heteroatoms. The van der Waals surface area contributed by atoms with Crippen LogP contribution in [0.25, 0.3) is 0 Å². The van der Waals surface area contributed by atoms with Gasteiger partial charge < -0.3 is 5.32 Å². The van der Waals surface area contributed by atoms with Crippen molar-refractivity contribution in [3.8, 4) is 0 Å². The maximum absolute atomic E-state index is 3.45. The fourth-order valence-corrected chi connectivity index (χ4v) is 0.979. The molecule has 0 bridgehead atoms. The summed E-state index contributed by atoms with van der Waals surface area (Å²) in [6, 6.07) is 0. The second-order valence-corrected chi connectivity index (χ2v) is 3.41. The molecule has 1 atom stereocenters.